The number of nitrogens with zero attached hydrogens (tertiary/aromatic N) is 2. The van der Waals surface area contributed by atoms with E-state index in [4.69, 9.17) is 5.73 Å². The van der Waals surface area contributed by atoms with Gasteiger partial charge in [0.15, 0.2) is 0 Å². The summed E-state index contributed by atoms with van der Waals surface area (Å²) in [4.78, 5) is -0.202. The van der Waals surface area contributed by atoms with E-state index in [2.05, 4.69) is 9.82 Å². The Kier molecular flexibility index (Phi) is 3.54. The number of sulfonamides is 1. The van der Waals surface area contributed by atoms with Gasteiger partial charge < -0.3 is 5.73 Å². The summed E-state index contributed by atoms with van der Waals surface area (Å²) in [6.07, 6.45) is 1.56. The summed E-state index contributed by atoms with van der Waals surface area (Å²) in [5.74, 6) is -0.694. The molecule has 0 fully saturated rings. The predicted molar refractivity (Wildman–Crippen MR) is 68.0 cm³/mol. The van der Waals surface area contributed by atoms with Gasteiger partial charge >= 0.3 is 0 Å². The fraction of sp³-hybridized carbons (Fsp3) is 0.182. The fourth-order valence-corrected chi connectivity index (χ4v) is 2.63. The SMILES string of the molecule is Cn1nccc1CNS(=O)(=O)c1cc(N)cc(F)c1. The number of nitrogens with two attached hydrogens (primary N) is 1. The number of aryl methyl sites for hydroxylation is 1. The minimum Gasteiger partial charge on any atom is -0.399 e. The first-order valence-corrected chi connectivity index (χ1v) is 6.89. The molecule has 0 bridgehead atoms. The van der Waals surface area contributed by atoms with Crippen LogP contribution in [0.2, 0.25) is 0 Å². The average molecular weight is 284 g/mol. The first kappa shape index (κ1) is 13.5. The highest BCUT2D eigenvalue weighted by Crippen LogP contribution is 2.16. The molecule has 2 aromatic rings. The van der Waals surface area contributed by atoms with Gasteiger partial charge in [0.05, 0.1) is 17.1 Å². The normalized spacial score (nSPS) is 11.7. The van der Waals surface area contributed by atoms with Crippen molar-refractivity contribution in [3.8, 4) is 0 Å². The minimum absolute atomic E-state index is 0.0564. The number of halogens is 1. The van der Waals surface area contributed by atoms with Gasteiger partial charge in [-0.05, 0) is 24.3 Å². The first-order valence-electron chi connectivity index (χ1n) is 5.41. The van der Waals surface area contributed by atoms with E-state index in [9.17, 15) is 12.8 Å². The number of benzene rings is 1. The molecule has 1 heterocycles. The summed E-state index contributed by atoms with van der Waals surface area (Å²) in [7, 11) is -2.11. The van der Waals surface area contributed by atoms with Crippen LogP contribution in [-0.4, -0.2) is 18.2 Å². The minimum atomic E-state index is -3.81. The molecule has 0 saturated heterocycles. The molecule has 0 aliphatic heterocycles. The van der Waals surface area contributed by atoms with Crippen molar-refractivity contribution in [3.63, 3.8) is 0 Å². The monoisotopic (exact) mass is 284 g/mol. The molecule has 0 aliphatic rings. The number of nitrogen functional groups attached to an aromatic ring is 1. The summed E-state index contributed by atoms with van der Waals surface area (Å²) >= 11 is 0. The summed E-state index contributed by atoms with van der Waals surface area (Å²) in [5, 5.41) is 3.92. The lowest BCUT2D eigenvalue weighted by Crippen LogP contribution is -2.24. The summed E-state index contributed by atoms with van der Waals surface area (Å²) < 4.78 is 41.0. The van der Waals surface area contributed by atoms with Gasteiger partial charge in [0.25, 0.3) is 0 Å². The standard InChI is InChI=1S/C11H13FN4O2S/c1-16-10(2-3-14-16)7-15-19(17,18)11-5-8(12)4-9(13)6-11/h2-6,15H,7,13H2,1H3. The van der Waals surface area contributed by atoms with Gasteiger partial charge in [0.2, 0.25) is 10.0 Å². The molecule has 0 amide bonds. The van der Waals surface area contributed by atoms with Crippen molar-refractivity contribution < 1.29 is 12.8 Å². The molecule has 6 nitrogen and oxygen atoms in total. The highest BCUT2D eigenvalue weighted by atomic mass is 32.2. The van der Waals surface area contributed by atoms with E-state index in [1.54, 1.807) is 24.0 Å². The van der Waals surface area contributed by atoms with Crippen molar-refractivity contribution >= 4 is 15.7 Å². The first-order chi connectivity index (χ1) is 8.88. The summed E-state index contributed by atoms with van der Waals surface area (Å²) in [6, 6.07) is 4.86. The van der Waals surface area contributed by atoms with Gasteiger partial charge in [0.1, 0.15) is 5.82 Å². The van der Waals surface area contributed by atoms with Crippen LogP contribution >= 0.6 is 0 Å². The molecule has 0 aliphatic carbocycles. The Bertz CT molecular complexity index is 676. The second-order valence-corrected chi connectivity index (χ2v) is 5.76. The van der Waals surface area contributed by atoms with Crippen LogP contribution in [0.15, 0.2) is 35.4 Å². The van der Waals surface area contributed by atoms with Crippen LogP contribution < -0.4 is 10.5 Å². The lowest BCUT2D eigenvalue weighted by atomic mass is 10.3. The summed E-state index contributed by atoms with van der Waals surface area (Å²) in [6.45, 7) is 0.0647. The zero-order chi connectivity index (χ0) is 14.0. The van der Waals surface area contributed by atoms with E-state index in [0.717, 1.165) is 12.1 Å². The Labute approximate surface area is 110 Å². The molecule has 19 heavy (non-hydrogen) atoms. The Hall–Kier alpha value is -1.93. The van der Waals surface area contributed by atoms with Gasteiger partial charge in [-0.3, -0.25) is 4.68 Å². The van der Waals surface area contributed by atoms with E-state index in [1.807, 2.05) is 0 Å². The predicted octanol–water partition coefficient (Wildman–Crippen LogP) is 0.620. The quantitative estimate of drug-likeness (QED) is 0.805. The molecule has 8 heteroatoms. The number of hydrogen-bond acceptors (Lipinski definition) is 4. The second kappa shape index (κ2) is 4.98. The van der Waals surface area contributed by atoms with Crippen molar-refractivity contribution in [2.75, 3.05) is 5.73 Å². The van der Waals surface area contributed by atoms with Crippen LogP contribution in [0, 0.1) is 5.82 Å². The van der Waals surface area contributed by atoms with Gasteiger partial charge in [0, 0.05) is 18.9 Å². The molecular weight excluding hydrogens is 271 g/mol. The molecule has 0 spiro atoms. The Morgan fingerprint density at radius 2 is 2.16 bits per heavy atom. The van der Waals surface area contributed by atoms with Crippen LogP contribution in [0.5, 0.6) is 0 Å². The highest BCUT2D eigenvalue weighted by Gasteiger charge is 2.16. The number of anilines is 1. The van der Waals surface area contributed by atoms with Gasteiger partial charge in [-0.1, -0.05) is 0 Å². The second-order valence-electron chi connectivity index (χ2n) is 3.99. The van der Waals surface area contributed by atoms with Gasteiger partial charge in [-0.2, -0.15) is 5.10 Å². The van der Waals surface area contributed by atoms with Crippen LogP contribution in [0.3, 0.4) is 0 Å². The maximum Gasteiger partial charge on any atom is 0.241 e. The molecule has 0 saturated carbocycles. The maximum atomic E-state index is 13.1. The molecule has 102 valence electrons. The van der Waals surface area contributed by atoms with Crippen LogP contribution in [0.4, 0.5) is 10.1 Å². The third kappa shape index (κ3) is 3.09. The van der Waals surface area contributed by atoms with Gasteiger partial charge in [-0.15, -0.1) is 0 Å². The van der Waals surface area contributed by atoms with Crippen molar-refractivity contribution in [3.05, 3.63) is 42.0 Å². The average Bonchev–Trinajstić information content (AvgIpc) is 2.71. The van der Waals surface area contributed by atoms with E-state index in [1.165, 1.54) is 6.07 Å². The van der Waals surface area contributed by atoms with Crippen LogP contribution in [0.1, 0.15) is 5.69 Å². The fourth-order valence-electron chi connectivity index (χ4n) is 1.57. The van der Waals surface area contributed by atoms with Crippen molar-refractivity contribution in [2.24, 2.45) is 7.05 Å². The van der Waals surface area contributed by atoms with E-state index in [0.29, 0.717) is 5.69 Å². The lowest BCUT2D eigenvalue weighted by molar-refractivity contribution is 0.574. The lowest BCUT2D eigenvalue weighted by Gasteiger charge is -2.08. The van der Waals surface area contributed by atoms with Crippen molar-refractivity contribution in [1.29, 1.82) is 0 Å². The number of rotatable bonds is 4. The molecular formula is C11H13FN4O2S. The molecule has 3 N–H and O–H groups in total. The van der Waals surface area contributed by atoms with Crippen LogP contribution in [0.25, 0.3) is 0 Å². The number of aromatic nitrogens is 2. The topological polar surface area (TPSA) is 90.0 Å². The van der Waals surface area contributed by atoms with E-state index >= 15 is 0 Å². The zero-order valence-electron chi connectivity index (χ0n) is 10.2. The van der Waals surface area contributed by atoms with Crippen LogP contribution in [-0.2, 0) is 23.6 Å². The van der Waals surface area contributed by atoms with E-state index < -0.39 is 15.8 Å². The Morgan fingerprint density at radius 1 is 1.42 bits per heavy atom. The van der Waals surface area contributed by atoms with Gasteiger partial charge in [-0.25, -0.2) is 17.5 Å². The molecule has 1 aromatic heterocycles. The Balaban J connectivity index is 2.21. The zero-order valence-corrected chi connectivity index (χ0v) is 11.0. The molecule has 0 unspecified atom stereocenters. The third-order valence-corrected chi connectivity index (χ3v) is 3.95. The van der Waals surface area contributed by atoms with Crippen molar-refractivity contribution in [2.45, 2.75) is 11.4 Å². The largest absolute Gasteiger partial charge is 0.399 e. The molecule has 2 rings (SSSR count). The van der Waals surface area contributed by atoms with Crippen molar-refractivity contribution in [1.82, 2.24) is 14.5 Å². The third-order valence-electron chi connectivity index (χ3n) is 2.57. The number of hydrogen-bond donors (Lipinski definition) is 2. The number of nitrogens with one attached hydrogen (secondary N) is 1. The Morgan fingerprint density at radius 3 is 2.74 bits per heavy atom. The molecule has 0 radical (unpaired) electrons. The summed E-state index contributed by atoms with van der Waals surface area (Å²) in [5.41, 5.74) is 6.17. The molecule has 0 atom stereocenters. The van der Waals surface area contributed by atoms with E-state index in [-0.39, 0.29) is 17.1 Å². The maximum absolute atomic E-state index is 13.1. The smallest absolute Gasteiger partial charge is 0.241 e. The highest BCUT2D eigenvalue weighted by molar-refractivity contribution is 7.89. The molecule has 1 aromatic carbocycles.